The Morgan fingerprint density at radius 1 is 1.44 bits per heavy atom. The van der Waals surface area contributed by atoms with Gasteiger partial charge >= 0.3 is 0 Å². The van der Waals surface area contributed by atoms with Gasteiger partial charge in [0.2, 0.25) is 0 Å². The first-order chi connectivity index (χ1) is 7.70. The first-order valence-corrected chi connectivity index (χ1v) is 5.60. The third-order valence-corrected chi connectivity index (χ3v) is 2.80. The van der Waals surface area contributed by atoms with Gasteiger partial charge in [-0.05, 0) is 18.2 Å². The highest BCUT2D eigenvalue weighted by molar-refractivity contribution is 9.10. The number of nitrogens with zero attached hydrogens (tertiary/aromatic N) is 1. The van der Waals surface area contributed by atoms with E-state index in [0.29, 0.717) is 30.2 Å². The topological polar surface area (TPSA) is 52.0 Å². The normalized spacial score (nSPS) is 10.7. The summed E-state index contributed by atoms with van der Waals surface area (Å²) in [5.41, 5.74) is 6.04. The average molecular weight is 285 g/mol. The highest BCUT2D eigenvalue weighted by Crippen LogP contribution is 2.29. The lowest BCUT2D eigenvalue weighted by atomic mass is 10.2. The molecule has 1 heterocycles. The summed E-state index contributed by atoms with van der Waals surface area (Å²) in [6.07, 6.45) is 2.15. The zero-order chi connectivity index (χ0) is 11.5. The molecule has 1 aromatic carbocycles. The van der Waals surface area contributed by atoms with Crippen LogP contribution in [0.4, 0.5) is 4.39 Å². The predicted octanol–water partition coefficient (Wildman–Crippen LogP) is 2.74. The minimum Gasteiger partial charge on any atom is -0.441 e. The third kappa shape index (κ3) is 2.31. The summed E-state index contributed by atoms with van der Waals surface area (Å²) in [6, 6.07) is 4.41. The van der Waals surface area contributed by atoms with Crippen LogP contribution in [0, 0.1) is 5.82 Å². The second kappa shape index (κ2) is 4.76. The van der Waals surface area contributed by atoms with Gasteiger partial charge in [0.25, 0.3) is 0 Å². The van der Waals surface area contributed by atoms with Gasteiger partial charge in [0.15, 0.2) is 11.7 Å². The molecule has 0 radical (unpaired) electrons. The summed E-state index contributed by atoms with van der Waals surface area (Å²) >= 11 is 3.34. The molecular weight excluding hydrogens is 275 g/mol. The van der Waals surface area contributed by atoms with Crippen molar-refractivity contribution in [3.05, 3.63) is 40.6 Å². The van der Waals surface area contributed by atoms with E-state index in [-0.39, 0.29) is 5.82 Å². The molecule has 0 saturated carbocycles. The number of aromatic nitrogens is 1. The Morgan fingerprint density at radius 3 is 3.00 bits per heavy atom. The number of halogens is 2. The first kappa shape index (κ1) is 11.3. The lowest BCUT2D eigenvalue weighted by Crippen LogP contribution is -2.02. The van der Waals surface area contributed by atoms with E-state index in [0.717, 1.165) is 4.47 Å². The fourth-order valence-corrected chi connectivity index (χ4v) is 1.80. The summed E-state index contributed by atoms with van der Waals surface area (Å²) in [5.74, 6) is 0.790. The van der Waals surface area contributed by atoms with Crippen molar-refractivity contribution in [3.8, 4) is 11.3 Å². The molecule has 3 nitrogen and oxygen atoms in total. The SMILES string of the molecule is NCCc1ncc(-c2cc(F)ccc2Br)o1. The molecule has 0 saturated heterocycles. The fourth-order valence-electron chi connectivity index (χ4n) is 1.36. The Kier molecular flexibility index (Phi) is 3.36. The highest BCUT2D eigenvalue weighted by atomic mass is 79.9. The number of hydrogen-bond acceptors (Lipinski definition) is 3. The zero-order valence-electron chi connectivity index (χ0n) is 8.41. The van der Waals surface area contributed by atoms with Crippen LogP contribution in [0.5, 0.6) is 0 Å². The van der Waals surface area contributed by atoms with Crippen LogP contribution in [0.1, 0.15) is 5.89 Å². The summed E-state index contributed by atoms with van der Waals surface area (Å²) in [4.78, 5) is 4.06. The van der Waals surface area contributed by atoms with E-state index >= 15 is 0 Å². The highest BCUT2D eigenvalue weighted by Gasteiger charge is 2.10. The van der Waals surface area contributed by atoms with Crippen molar-refractivity contribution >= 4 is 15.9 Å². The maximum Gasteiger partial charge on any atom is 0.196 e. The Hall–Kier alpha value is -1.20. The van der Waals surface area contributed by atoms with Crippen molar-refractivity contribution in [1.82, 2.24) is 4.98 Å². The van der Waals surface area contributed by atoms with E-state index in [4.69, 9.17) is 10.2 Å². The van der Waals surface area contributed by atoms with Crippen molar-refractivity contribution in [1.29, 1.82) is 0 Å². The van der Waals surface area contributed by atoms with Crippen LogP contribution < -0.4 is 5.73 Å². The average Bonchev–Trinajstić information content (AvgIpc) is 2.71. The van der Waals surface area contributed by atoms with Gasteiger partial charge in [-0.15, -0.1) is 0 Å². The molecule has 5 heteroatoms. The largest absolute Gasteiger partial charge is 0.441 e. The fraction of sp³-hybridized carbons (Fsp3) is 0.182. The van der Waals surface area contributed by atoms with Crippen LogP contribution in [0.2, 0.25) is 0 Å². The Bertz CT molecular complexity index is 498. The second-order valence-electron chi connectivity index (χ2n) is 3.28. The molecule has 2 aromatic rings. The molecule has 1 aromatic heterocycles. The minimum absolute atomic E-state index is 0.310. The van der Waals surface area contributed by atoms with Crippen molar-refractivity contribution in [3.63, 3.8) is 0 Å². The molecule has 0 aliphatic carbocycles. The molecule has 2 N–H and O–H groups in total. The first-order valence-electron chi connectivity index (χ1n) is 4.81. The molecule has 2 rings (SSSR count). The molecular formula is C11H10BrFN2O. The Morgan fingerprint density at radius 2 is 2.25 bits per heavy atom. The number of nitrogens with two attached hydrogens (primary N) is 1. The van der Waals surface area contributed by atoms with Gasteiger partial charge in [-0.1, -0.05) is 15.9 Å². The van der Waals surface area contributed by atoms with Crippen LogP contribution in [0.3, 0.4) is 0 Å². The van der Waals surface area contributed by atoms with Gasteiger partial charge in [0, 0.05) is 23.0 Å². The standard InChI is InChI=1S/C11H10BrFN2O/c12-9-2-1-7(13)5-8(9)10-6-15-11(16-10)3-4-14/h1-2,5-6H,3-4,14H2. The summed E-state index contributed by atoms with van der Waals surface area (Å²) < 4.78 is 19.3. The van der Waals surface area contributed by atoms with Crippen molar-refractivity contribution in [2.45, 2.75) is 6.42 Å². The van der Waals surface area contributed by atoms with Crippen LogP contribution in [0.15, 0.2) is 33.3 Å². The molecule has 0 bridgehead atoms. The third-order valence-electron chi connectivity index (χ3n) is 2.11. The van der Waals surface area contributed by atoms with Gasteiger partial charge in [0.1, 0.15) is 5.82 Å². The quantitative estimate of drug-likeness (QED) is 0.943. The van der Waals surface area contributed by atoms with Crippen LogP contribution >= 0.6 is 15.9 Å². The van der Waals surface area contributed by atoms with Crippen molar-refractivity contribution in [2.24, 2.45) is 5.73 Å². The molecule has 84 valence electrons. The maximum absolute atomic E-state index is 13.1. The van der Waals surface area contributed by atoms with Crippen LogP contribution in [0.25, 0.3) is 11.3 Å². The summed E-state index contributed by atoms with van der Waals surface area (Å²) in [5, 5.41) is 0. The van der Waals surface area contributed by atoms with Gasteiger partial charge in [-0.25, -0.2) is 9.37 Å². The number of rotatable bonds is 3. The van der Waals surface area contributed by atoms with E-state index in [1.165, 1.54) is 12.1 Å². The minimum atomic E-state index is -0.310. The number of oxazole rings is 1. The number of hydrogen-bond donors (Lipinski definition) is 1. The smallest absolute Gasteiger partial charge is 0.196 e. The van der Waals surface area contributed by atoms with Crippen molar-refractivity contribution < 1.29 is 8.81 Å². The van der Waals surface area contributed by atoms with Crippen LogP contribution in [-0.4, -0.2) is 11.5 Å². The van der Waals surface area contributed by atoms with Crippen LogP contribution in [-0.2, 0) is 6.42 Å². The lowest BCUT2D eigenvalue weighted by Gasteiger charge is -2.00. The van der Waals surface area contributed by atoms with E-state index in [2.05, 4.69) is 20.9 Å². The molecule has 0 atom stereocenters. The van der Waals surface area contributed by atoms with E-state index in [9.17, 15) is 4.39 Å². The molecule has 0 amide bonds. The molecule has 0 aliphatic rings. The van der Waals surface area contributed by atoms with E-state index in [1.54, 1.807) is 12.3 Å². The summed E-state index contributed by atoms with van der Waals surface area (Å²) in [6.45, 7) is 0.476. The van der Waals surface area contributed by atoms with Gasteiger partial charge in [-0.3, -0.25) is 0 Å². The van der Waals surface area contributed by atoms with Crippen molar-refractivity contribution in [2.75, 3.05) is 6.54 Å². The molecule has 0 spiro atoms. The van der Waals surface area contributed by atoms with Gasteiger partial charge in [0.05, 0.1) is 6.20 Å². The predicted molar refractivity (Wildman–Crippen MR) is 62.4 cm³/mol. The summed E-state index contributed by atoms with van der Waals surface area (Å²) in [7, 11) is 0. The number of benzene rings is 1. The van der Waals surface area contributed by atoms with E-state index < -0.39 is 0 Å². The van der Waals surface area contributed by atoms with Gasteiger partial charge < -0.3 is 10.2 Å². The second-order valence-corrected chi connectivity index (χ2v) is 4.14. The molecule has 0 unspecified atom stereocenters. The van der Waals surface area contributed by atoms with E-state index in [1.807, 2.05) is 0 Å². The molecule has 16 heavy (non-hydrogen) atoms. The zero-order valence-corrected chi connectivity index (χ0v) is 10.00. The van der Waals surface area contributed by atoms with Gasteiger partial charge in [-0.2, -0.15) is 0 Å². The maximum atomic E-state index is 13.1. The Labute approximate surface area is 101 Å². The molecule has 0 fully saturated rings. The lowest BCUT2D eigenvalue weighted by molar-refractivity contribution is 0.507. The monoisotopic (exact) mass is 284 g/mol. The Balaban J connectivity index is 2.38. The molecule has 0 aliphatic heterocycles.